The minimum absolute atomic E-state index is 0.0420. The van der Waals surface area contributed by atoms with E-state index in [2.05, 4.69) is 26.2 Å². The van der Waals surface area contributed by atoms with Crippen molar-refractivity contribution in [3.63, 3.8) is 0 Å². The molecule has 1 N–H and O–H groups in total. The molecule has 0 aromatic carbocycles. The Balaban J connectivity index is 1.84. The third-order valence-electron chi connectivity index (χ3n) is 2.88. The molecule has 5 heteroatoms. The van der Waals surface area contributed by atoms with Crippen LogP contribution in [0.3, 0.4) is 0 Å². The Labute approximate surface area is 109 Å². The Kier molecular flexibility index (Phi) is 4.50. The number of hydrogen-bond acceptors (Lipinski definition) is 3. The predicted octanol–water partition coefficient (Wildman–Crippen LogP) is 2.00. The topological polar surface area (TPSA) is 51.2 Å². The van der Waals surface area contributed by atoms with Gasteiger partial charge < -0.3 is 10.1 Å². The SMILES string of the molecule is O=C(NCC1CCOCC1)c1ccnc(Br)c1. The molecule has 4 nitrogen and oxygen atoms in total. The van der Waals surface area contributed by atoms with Gasteiger partial charge in [-0.1, -0.05) is 0 Å². The van der Waals surface area contributed by atoms with Crippen molar-refractivity contribution in [2.24, 2.45) is 5.92 Å². The van der Waals surface area contributed by atoms with Crippen molar-refractivity contribution >= 4 is 21.8 Å². The zero-order valence-corrected chi connectivity index (χ0v) is 11.1. The van der Waals surface area contributed by atoms with E-state index < -0.39 is 0 Å². The lowest BCUT2D eigenvalue weighted by Gasteiger charge is -2.22. The zero-order chi connectivity index (χ0) is 12.1. The fourth-order valence-corrected chi connectivity index (χ4v) is 2.20. The van der Waals surface area contributed by atoms with Gasteiger partial charge in [-0.25, -0.2) is 4.98 Å². The van der Waals surface area contributed by atoms with Crippen LogP contribution in [0.25, 0.3) is 0 Å². The molecule has 2 heterocycles. The van der Waals surface area contributed by atoms with Crippen LogP contribution in [0.15, 0.2) is 22.9 Å². The average Bonchev–Trinajstić information content (AvgIpc) is 2.37. The van der Waals surface area contributed by atoms with Crippen molar-refractivity contribution < 1.29 is 9.53 Å². The van der Waals surface area contributed by atoms with Crippen LogP contribution in [0.1, 0.15) is 23.2 Å². The van der Waals surface area contributed by atoms with E-state index in [4.69, 9.17) is 4.74 Å². The fraction of sp³-hybridized carbons (Fsp3) is 0.500. The summed E-state index contributed by atoms with van der Waals surface area (Å²) in [7, 11) is 0. The molecule has 0 aliphatic carbocycles. The zero-order valence-electron chi connectivity index (χ0n) is 9.49. The normalized spacial score (nSPS) is 16.8. The Morgan fingerprint density at radius 2 is 2.29 bits per heavy atom. The molecule has 1 fully saturated rings. The Bertz CT molecular complexity index is 392. The van der Waals surface area contributed by atoms with E-state index >= 15 is 0 Å². The summed E-state index contributed by atoms with van der Waals surface area (Å²) in [6.45, 7) is 2.34. The predicted molar refractivity (Wildman–Crippen MR) is 67.8 cm³/mol. The van der Waals surface area contributed by atoms with Crippen LogP contribution in [0, 0.1) is 5.92 Å². The first kappa shape index (κ1) is 12.5. The number of amides is 1. The largest absolute Gasteiger partial charge is 0.381 e. The molecule has 1 saturated heterocycles. The summed E-state index contributed by atoms with van der Waals surface area (Å²) in [6, 6.07) is 3.43. The van der Waals surface area contributed by atoms with Gasteiger partial charge in [0.05, 0.1) is 0 Å². The number of pyridine rings is 1. The minimum atomic E-state index is -0.0420. The molecule has 1 aliphatic heterocycles. The Morgan fingerprint density at radius 1 is 1.53 bits per heavy atom. The molecule has 1 amide bonds. The van der Waals surface area contributed by atoms with Gasteiger partial charge in [0, 0.05) is 31.5 Å². The maximum Gasteiger partial charge on any atom is 0.251 e. The summed E-state index contributed by atoms with van der Waals surface area (Å²) < 4.78 is 5.96. The van der Waals surface area contributed by atoms with E-state index in [9.17, 15) is 4.79 Å². The van der Waals surface area contributed by atoms with Crippen molar-refractivity contribution in [2.45, 2.75) is 12.8 Å². The second-order valence-electron chi connectivity index (χ2n) is 4.13. The van der Waals surface area contributed by atoms with Crippen LogP contribution >= 0.6 is 15.9 Å². The molecule has 0 atom stereocenters. The van der Waals surface area contributed by atoms with Crippen LogP contribution in [0.4, 0.5) is 0 Å². The van der Waals surface area contributed by atoms with Crippen LogP contribution in [-0.2, 0) is 4.74 Å². The monoisotopic (exact) mass is 298 g/mol. The van der Waals surface area contributed by atoms with Gasteiger partial charge >= 0.3 is 0 Å². The van der Waals surface area contributed by atoms with Gasteiger partial charge in [-0.15, -0.1) is 0 Å². The molecule has 17 heavy (non-hydrogen) atoms. The Morgan fingerprint density at radius 3 is 3.00 bits per heavy atom. The lowest BCUT2D eigenvalue weighted by molar-refractivity contribution is 0.0642. The minimum Gasteiger partial charge on any atom is -0.381 e. The lowest BCUT2D eigenvalue weighted by atomic mass is 10.0. The first-order valence-electron chi connectivity index (χ1n) is 5.73. The fourth-order valence-electron chi connectivity index (χ4n) is 1.83. The molecule has 1 aromatic heterocycles. The molecule has 2 rings (SSSR count). The van der Waals surface area contributed by atoms with E-state index in [-0.39, 0.29) is 5.91 Å². The maximum absolute atomic E-state index is 11.8. The summed E-state index contributed by atoms with van der Waals surface area (Å²) in [5, 5.41) is 2.95. The van der Waals surface area contributed by atoms with Crippen molar-refractivity contribution in [3.05, 3.63) is 28.5 Å². The maximum atomic E-state index is 11.8. The van der Waals surface area contributed by atoms with Crippen LogP contribution in [0.2, 0.25) is 0 Å². The first-order chi connectivity index (χ1) is 8.25. The number of hydrogen-bond donors (Lipinski definition) is 1. The van der Waals surface area contributed by atoms with Gasteiger partial charge in [-0.2, -0.15) is 0 Å². The van der Waals surface area contributed by atoms with Crippen molar-refractivity contribution in [1.82, 2.24) is 10.3 Å². The van der Waals surface area contributed by atoms with Gasteiger partial charge in [0.2, 0.25) is 0 Å². The molecule has 0 saturated carbocycles. The van der Waals surface area contributed by atoms with E-state index in [1.165, 1.54) is 0 Å². The molecule has 0 bridgehead atoms. The molecule has 0 radical (unpaired) electrons. The quantitative estimate of drug-likeness (QED) is 0.869. The highest BCUT2D eigenvalue weighted by Crippen LogP contribution is 2.14. The molecule has 0 spiro atoms. The van der Waals surface area contributed by atoms with Crippen molar-refractivity contribution in [2.75, 3.05) is 19.8 Å². The van der Waals surface area contributed by atoms with Gasteiger partial charge in [0.15, 0.2) is 0 Å². The van der Waals surface area contributed by atoms with E-state index in [1.54, 1.807) is 18.3 Å². The molecule has 1 aromatic rings. The van der Waals surface area contributed by atoms with Crippen LogP contribution < -0.4 is 5.32 Å². The number of halogens is 1. The third-order valence-corrected chi connectivity index (χ3v) is 3.31. The summed E-state index contributed by atoms with van der Waals surface area (Å²) in [5.74, 6) is 0.498. The average molecular weight is 299 g/mol. The van der Waals surface area contributed by atoms with Gasteiger partial charge in [-0.3, -0.25) is 4.79 Å². The molecular formula is C12H15BrN2O2. The number of rotatable bonds is 3. The van der Waals surface area contributed by atoms with Gasteiger partial charge in [0.1, 0.15) is 4.60 Å². The van der Waals surface area contributed by atoms with Crippen molar-refractivity contribution in [3.8, 4) is 0 Å². The number of carbonyl (C=O) groups excluding carboxylic acids is 1. The number of aromatic nitrogens is 1. The van der Waals surface area contributed by atoms with E-state index in [0.29, 0.717) is 16.1 Å². The van der Waals surface area contributed by atoms with Gasteiger partial charge in [-0.05, 0) is 46.8 Å². The smallest absolute Gasteiger partial charge is 0.251 e. The highest BCUT2D eigenvalue weighted by molar-refractivity contribution is 9.10. The molecule has 1 aliphatic rings. The second kappa shape index (κ2) is 6.12. The molecule has 92 valence electrons. The Hall–Kier alpha value is -0.940. The van der Waals surface area contributed by atoms with Crippen LogP contribution in [-0.4, -0.2) is 30.6 Å². The van der Waals surface area contributed by atoms with E-state index in [0.717, 1.165) is 32.6 Å². The number of nitrogens with one attached hydrogen (secondary N) is 1. The summed E-state index contributed by atoms with van der Waals surface area (Å²) in [6.07, 6.45) is 3.67. The number of carbonyl (C=O) groups is 1. The summed E-state index contributed by atoms with van der Waals surface area (Å²) >= 11 is 3.25. The van der Waals surface area contributed by atoms with Gasteiger partial charge in [0.25, 0.3) is 5.91 Å². The molecular weight excluding hydrogens is 284 g/mol. The lowest BCUT2D eigenvalue weighted by Crippen LogP contribution is -2.32. The number of nitrogens with zero attached hydrogens (tertiary/aromatic N) is 1. The summed E-state index contributed by atoms with van der Waals surface area (Å²) in [5.41, 5.74) is 0.638. The highest BCUT2D eigenvalue weighted by atomic mass is 79.9. The summed E-state index contributed by atoms with van der Waals surface area (Å²) in [4.78, 5) is 15.8. The molecule has 0 unspecified atom stereocenters. The van der Waals surface area contributed by atoms with Crippen molar-refractivity contribution in [1.29, 1.82) is 0 Å². The van der Waals surface area contributed by atoms with Crippen LogP contribution in [0.5, 0.6) is 0 Å². The van der Waals surface area contributed by atoms with E-state index in [1.807, 2.05) is 0 Å². The third kappa shape index (κ3) is 3.78. The number of ether oxygens (including phenoxy) is 1. The first-order valence-corrected chi connectivity index (χ1v) is 6.52. The highest BCUT2D eigenvalue weighted by Gasteiger charge is 2.15. The standard InChI is InChI=1S/C12H15BrN2O2/c13-11-7-10(1-4-14-11)12(16)15-8-9-2-5-17-6-3-9/h1,4,7,9H,2-3,5-6,8H2,(H,15,16). The second-order valence-corrected chi connectivity index (χ2v) is 4.95.